The van der Waals surface area contributed by atoms with Crippen molar-refractivity contribution in [3.8, 4) is 0 Å². The zero-order valence-electron chi connectivity index (χ0n) is 10.2. The molecule has 0 unspecified atom stereocenters. The first-order valence-corrected chi connectivity index (χ1v) is 6.53. The van der Waals surface area contributed by atoms with Gasteiger partial charge in [-0.1, -0.05) is 31.3 Å². The van der Waals surface area contributed by atoms with E-state index in [9.17, 15) is 0 Å². The molecule has 0 aromatic carbocycles. The Morgan fingerprint density at radius 3 is 2.81 bits per heavy atom. The van der Waals surface area contributed by atoms with Gasteiger partial charge in [-0.05, 0) is 25.0 Å². The van der Waals surface area contributed by atoms with Gasteiger partial charge in [0.05, 0.1) is 10.6 Å². The minimum atomic E-state index is 0.448. The molecule has 16 heavy (non-hydrogen) atoms. The largest absolute Gasteiger partial charge is 0.375 e. The summed E-state index contributed by atoms with van der Waals surface area (Å²) in [5.74, 6) is 0.448. The Morgan fingerprint density at radius 2 is 2.25 bits per heavy atom. The first kappa shape index (κ1) is 11.6. The van der Waals surface area contributed by atoms with Gasteiger partial charge in [0.25, 0.3) is 0 Å². The molecule has 0 atom stereocenters. The molecular weight excluding hydrogens is 218 g/mol. The third kappa shape index (κ3) is 2.28. The van der Waals surface area contributed by atoms with Crippen LogP contribution in [-0.4, -0.2) is 30.0 Å². The number of nitrogens with two attached hydrogens (primary N) is 1. The number of nitrogens with zero attached hydrogens (tertiary/aromatic N) is 2. The minimum Gasteiger partial charge on any atom is -0.375 e. The van der Waals surface area contributed by atoms with E-state index in [2.05, 4.69) is 36.9 Å². The molecule has 2 heterocycles. The first-order valence-electron chi connectivity index (χ1n) is 5.72. The number of thiazole rings is 1. The fourth-order valence-electron chi connectivity index (χ4n) is 1.95. The zero-order chi connectivity index (χ0) is 11.7. The lowest BCUT2D eigenvalue weighted by Crippen LogP contribution is -2.23. The highest BCUT2D eigenvalue weighted by Gasteiger charge is 2.18. The maximum absolute atomic E-state index is 5.82. The van der Waals surface area contributed by atoms with E-state index in [0.29, 0.717) is 11.0 Å². The second-order valence-corrected chi connectivity index (χ2v) is 5.69. The van der Waals surface area contributed by atoms with Gasteiger partial charge in [-0.25, -0.2) is 4.98 Å². The Morgan fingerprint density at radius 1 is 1.50 bits per heavy atom. The Kier molecular flexibility index (Phi) is 3.30. The molecule has 3 nitrogen and oxygen atoms in total. The van der Waals surface area contributed by atoms with Crippen LogP contribution >= 0.6 is 11.3 Å². The van der Waals surface area contributed by atoms with Gasteiger partial charge in [0.2, 0.25) is 0 Å². The van der Waals surface area contributed by atoms with Gasteiger partial charge in [-0.15, -0.1) is 0 Å². The average molecular weight is 237 g/mol. The standard InChI is InChI=1S/C12H19N3S/c1-8(2)10-11(16-12(13)14-10)9-4-6-15(3)7-5-9/h4,8H,5-7H2,1-3H3,(H2,13,14). The highest BCUT2D eigenvalue weighted by molar-refractivity contribution is 7.16. The molecule has 0 bridgehead atoms. The van der Waals surface area contributed by atoms with Crippen molar-refractivity contribution in [2.45, 2.75) is 26.2 Å². The van der Waals surface area contributed by atoms with Crippen LogP contribution in [0, 0.1) is 0 Å². The molecule has 1 aliphatic rings. The lowest BCUT2D eigenvalue weighted by molar-refractivity contribution is 0.370. The smallest absolute Gasteiger partial charge is 0.180 e. The fourth-order valence-corrected chi connectivity index (χ4v) is 3.00. The summed E-state index contributed by atoms with van der Waals surface area (Å²) < 4.78 is 0. The minimum absolute atomic E-state index is 0.448. The van der Waals surface area contributed by atoms with Gasteiger partial charge in [0.15, 0.2) is 5.13 Å². The fraction of sp³-hybridized carbons (Fsp3) is 0.583. The van der Waals surface area contributed by atoms with Crippen LogP contribution in [0.3, 0.4) is 0 Å². The van der Waals surface area contributed by atoms with Gasteiger partial charge < -0.3 is 10.6 Å². The second kappa shape index (κ2) is 4.55. The Balaban J connectivity index is 2.33. The van der Waals surface area contributed by atoms with Crippen molar-refractivity contribution in [3.05, 3.63) is 16.6 Å². The summed E-state index contributed by atoms with van der Waals surface area (Å²) in [7, 11) is 2.15. The molecule has 0 spiro atoms. The molecular formula is C12H19N3S. The van der Waals surface area contributed by atoms with Gasteiger partial charge in [0, 0.05) is 13.1 Å². The quantitative estimate of drug-likeness (QED) is 0.859. The lowest BCUT2D eigenvalue weighted by Gasteiger charge is -2.22. The van der Waals surface area contributed by atoms with Crippen LogP contribution in [0.15, 0.2) is 6.08 Å². The topological polar surface area (TPSA) is 42.1 Å². The molecule has 0 saturated heterocycles. The maximum Gasteiger partial charge on any atom is 0.180 e. The molecule has 1 aliphatic heterocycles. The molecule has 0 aliphatic carbocycles. The lowest BCUT2D eigenvalue weighted by atomic mass is 10.0. The second-order valence-electron chi connectivity index (χ2n) is 4.66. The predicted molar refractivity (Wildman–Crippen MR) is 70.7 cm³/mol. The van der Waals surface area contributed by atoms with E-state index in [1.165, 1.54) is 16.1 Å². The maximum atomic E-state index is 5.82. The van der Waals surface area contributed by atoms with Crippen molar-refractivity contribution in [3.63, 3.8) is 0 Å². The molecule has 4 heteroatoms. The third-order valence-corrected chi connectivity index (χ3v) is 3.90. The van der Waals surface area contributed by atoms with E-state index in [4.69, 9.17) is 5.73 Å². The SMILES string of the molecule is CC(C)c1nc(N)sc1C1=CCN(C)CC1. The van der Waals surface area contributed by atoms with E-state index in [1.54, 1.807) is 11.3 Å². The average Bonchev–Trinajstić information content (AvgIpc) is 2.61. The molecule has 2 rings (SSSR count). The number of anilines is 1. The van der Waals surface area contributed by atoms with Crippen molar-refractivity contribution in [2.24, 2.45) is 0 Å². The number of hydrogen-bond acceptors (Lipinski definition) is 4. The van der Waals surface area contributed by atoms with E-state index < -0.39 is 0 Å². The van der Waals surface area contributed by atoms with Gasteiger partial charge in [-0.3, -0.25) is 0 Å². The summed E-state index contributed by atoms with van der Waals surface area (Å²) in [6, 6.07) is 0. The van der Waals surface area contributed by atoms with Crippen LogP contribution in [0.5, 0.6) is 0 Å². The van der Waals surface area contributed by atoms with Crippen LogP contribution in [-0.2, 0) is 0 Å². The van der Waals surface area contributed by atoms with Crippen molar-refractivity contribution < 1.29 is 0 Å². The highest BCUT2D eigenvalue weighted by atomic mass is 32.1. The van der Waals surface area contributed by atoms with Crippen LogP contribution in [0.4, 0.5) is 5.13 Å². The number of nitrogen functional groups attached to an aromatic ring is 1. The number of aromatic nitrogens is 1. The number of likely N-dealkylation sites (N-methyl/N-ethyl adjacent to an activating group) is 1. The summed E-state index contributed by atoms with van der Waals surface area (Å²) in [6.45, 7) is 6.51. The molecule has 0 radical (unpaired) electrons. The van der Waals surface area contributed by atoms with E-state index in [1.807, 2.05) is 0 Å². The Bertz CT molecular complexity index is 406. The van der Waals surface area contributed by atoms with Crippen LogP contribution < -0.4 is 5.73 Å². The summed E-state index contributed by atoms with van der Waals surface area (Å²) >= 11 is 1.63. The zero-order valence-corrected chi connectivity index (χ0v) is 11.0. The van der Waals surface area contributed by atoms with Crippen molar-refractivity contribution in [1.82, 2.24) is 9.88 Å². The summed E-state index contributed by atoms with van der Waals surface area (Å²) in [5.41, 5.74) is 8.41. The molecule has 0 fully saturated rings. The highest BCUT2D eigenvalue weighted by Crippen LogP contribution is 2.34. The number of hydrogen-bond donors (Lipinski definition) is 1. The third-order valence-electron chi connectivity index (χ3n) is 2.92. The summed E-state index contributed by atoms with van der Waals surface area (Å²) in [5, 5.41) is 0.693. The van der Waals surface area contributed by atoms with Gasteiger partial charge >= 0.3 is 0 Å². The monoisotopic (exact) mass is 237 g/mol. The van der Waals surface area contributed by atoms with Gasteiger partial charge in [-0.2, -0.15) is 0 Å². The molecule has 1 aromatic heterocycles. The first-order chi connectivity index (χ1) is 7.58. The molecule has 0 amide bonds. The van der Waals surface area contributed by atoms with E-state index in [0.717, 1.165) is 19.5 Å². The molecule has 2 N–H and O–H groups in total. The normalized spacial score (nSPS) is 17.9. The van der Waals surface area contributed by atoms with Crippen LogP contribution in [0.2, 0.25) is 0 Å². The molecule has 0 saturated carbocycles. The van der Waals surface area contributed by atoms with Crippen molar-refractivity contribution >= 4 is 22.0 Å². The molecule has 1 aromatic rings. The summed E-state index contributed by atoms with van der Waals surface area (Å²) in [4.78, 5) is 8.07. The van der Waals surface area contributed by atoms with E-state index in [-0.39, 0.29) is 0 Å². The Labute approximate surface area is 101 Å². The predicted octanol–water partition coefficient (Wildman–Crippen LogP) is 2.57. The van der Waals surface area contributed by atoms with Crippen LogP contribution in [0.25, 0.3) is 5.57 Å². The van der Waals surface area contributed by atoms with Crippen molar-refractivity contribution in [1.29, 1.82) is 0 Å². The summed E-state index contributed by atoms with van der Waals surface area (Å²) in [6.07, 6.45) is 3.42. The number of rotatable bonds is 2. The molecule has 88 valence electrons. The Hall–Kier alpha value is -0.870. The van der Waals surface area contributed by atoms with Crippen molar-refractivity contribution in [2.75, 3.05) is 25.9 Å². The van der Waals surface area contributed by atoms with Gasteiger partial charge in [0.1, 0.15) is 0 Å². The van der Waals surface area contributed by atoms with E-state index >= 15 is 0 Å². The van der Waals surface area contributed by atoms with Crippen LogP contribution in [0.1, 0.15) is 36.8 Å².